The van der Waals surface area contributed by atoms with Crippen LogP contribution in [-0.2, 0) is 16.4 Å². The fourth-order valence-electron chi connectivity index (χ4n) is 4.84. The van der Waals surface area contributed by atoms with Gasteiger partial charge in [0.15, 0.2) is 9.84 Å². The zero-order valence-electron chi connectivity index (χ0n) is 18.3. The topological polar surface area (TPSA) is 67.2 Å². The number of nitrogens with one attached hydrogen (secondary N) is 1. The second-order valence-corrected chi connectivity index (χ2v) is 12.2. The molecule has 1 N–H and O–H groups in total. The van der Waals surface area contributed by atoms with E-state index in [4.69, 9.17) is 5.10 Å². The van der Waals surface area contributed by atoms with Gasteiger partial charge in [-0.2, -0.15) is 5.10 Å². The molecule has 4 rings (SSSR count). The number of rotatable bonds is 7. The van der Waals surface area contributed by atoms with Crippen LogP contribution in [0.1, 0.15) is 60.1 Å². The van der Waals surface area contributed by atoms with E-state index in [1.165, 1.54) is 23.3 Å². The molecule has 0 amide bonds. The number of piperidine rings is 1. The van der Waals surface area contributed by atoms with E-state index < -0.39 is 9.84 Å². The number of aromatic nitrogens is 2. The van der Waals surface area contributed by atoms with Gasteiger partial charge >= 0.3 is 0 Å². The number of sulfone groups is 1. The summed E-state index contributed by atoms with van der Waals surface area (Å²) in [6.45, 7) is 10.5. The van der Waals surface area contributed by atoms with Gasteiger partial charge in [0.2, 0.25) is 0 Å². The van der Waals surface area contributed by atoms with E-state index in [9.17, 15) is 8.42 Å². The summed E-state index contributed by atoms with van der Waals surface area (Å²) in [6.07, 6.45) is 3.22. The van der Waals surface area contributed by atoms with Crippen molar-refractivity contribution in [3.05, 3.63) is 39.3 Å². The molecule has 0 bridgehead atoms. The molecule has 2 fully saturated rings. The predicted octanol–water partition coefficient (Wildman–Crippen LogP) is 3.48. The van der Waals surface area contributed by atoms with E-state index in [0.29, 0.717) is 12.5 Å². The molecule has 0 aromatic carbocycles. The average Bonchev–Trinajstić information content (AvgIpc) is 3.41. The molecule has 0 unspecified atom stereocenters. The summed E-state index contributed by atoms with van der Waals surface area (Å²) < 4.78 is 25.7. The molecule has 2 aliphatic rings. The Balaban J connectivity index is 1.42. The normalized spacial score (nSPS) is 23.8. The molecule has 2 aromatic heterocycles. The second-order valence-electron chi connectivity index (χ2n) is 9.03. The van der Waals surface area contributed by atoms with Crippen molar-refractivity contribution in [2.24, 2.45) is 5.92 Å². The number of aryl methyl sites for hydroxylation is 1. The fraction of sp³-hybridized carbons (Fsp3) is 0.682. The minimum atomic E-state index is -2.91. The van der Waals surface area contributed by atoms with Crippen LogP contribution < -0.4 is 5.32 Å². The number of nitrogens with zero attached hydrogens (tertiary/aromatic N) is 3. The molecule has 0 spiro atoms. The van der Waals surface area contributed by atoms with Gasteiger partial charge < -0.3 is 5.32 Å². The van der Waals surface area contributed by atoms with Gasteiger partial charge in [-0.05, 0) is 63.6 Å². The van der Waals surface area contributed by atoms with Gasteiger partial charge in [-0.25, -0.2) is 8.42 Å². The molecule has 30 heavy (non-hydrogen) atoms. The largest absolute Gasteiger partial charge is 0.311 e. The molecule has 0 aliphatic carbocycles. The molecule has 4 heterocycles. The van der Waals surface area contributed by atoms with Crippen molar-refractivity contribution in [3.63, 3.8) is 0 Å². The van der Waals surface area contributed by atoms with Crippen LogP contribution in [-0.4, -0.2) is 54.2 Å². The zero-order valence-corrected chi connectivity index (χ0v) is 19.9. The number of likely N-dealkylation sites (tertiary alicyclic amines) is 1. The first-order valence-corrected chi connectivity index (χ1v) is 13.8. The highest BCUT2D eigenvalue weighted by Gasteiger charge is 2.31. The smallest absolute Gasteiger partial charge is 0.152 e. The number of thiophene rings is 1. The lowest BCUT2D eigenvalue weighted by molar-refractivity contribution is 0.137. The summed E-state index contributed by atoms with van der Waals surface area (Å²) in [6, 6.07) is 4.79. The maximum absolute atomic E-state index is 11.9. The van der Waals surface area contributed by atoms with Crippen LogP contribution in [0.3, 0.4) is 0 Å². The van der Waals surface area contributed by atoms with Crippen molar-refractivity contribution in [2.75, 3.05) is 31.1 Å². The Morgan fingerprint density at radius 1 is 1.27 bits per heavy atom. The summed E-state index contributed by atoms with van der Waals surface area (Å²) in [5.74, 6) is 1.32. The Kier molecular flexibility index (Phi) is 6.67. The third-order valence-electron chi connectivity index (χ3n) is 6.80. The molecule has 166 valence electrons. The van der Waals surface area contributed by atoms with Crippen LogP contribution >= 0.6 is 11.3 Å². The highest BCUT2D eigenvalue weighted by atomic mass is 32.2. The average molecular weight is 451 g/mol. The van der Waals surface area contributed by atoms with Crippen molar-refractivity contribution in [2.45, 2.75) is 58.7 Å². The van der Waals surface area contributed by atoms with Crippen LogP contribution in [0.4, 0.5) is 0 Å². The SMILES string of the molecule is Cc1nn([C@@H]2CCS(=O)(=O)C2)c(C)c1CNC[C@H](c1cccs1)N1CCC(C)CC1. The van der Waals surface area contributed by atoms with E-state index in [2.05, 4.69) is 41.6 Å². The Hall–Kier alpha value is -1.22. The molecular weight excluding hydrogens is 416 g/mol. The van der Waals surface area contributed by atoms with Crippen LogP contribution in [0.5, 0.6) is 0 Å². The standard InChI is InChI=1S/C22H34N4O2S2/c1-16-6-9-25(10-7-16)21(22-5-4-11-29-22)14-23-13-20-17(2)24-26(18(20)3)19-8-12-30(27,28)15-19/h4-5,11,16,19,21,23H,6-10,12-15H2,1-3H3/t19-,21-/m1/s1. The lowest BCUT2D eigenvalue weighted by atomic mass is 9.97. The lowest BCUT2D eigenvalue weighted by Crippen LogP contribution is -2.40. The minimum absolute atomic E-state index is 0.0170. The monoisotopic (exact) mass is 450 g/mol. The summed E-state index contributed by atoms with van der Waals surface area (Å²) >= 11 is 1.84. The van der Waals surface area contributed by atoms with Gasteiger partial charge in [0.05, 0.1) is 29.3 Å². The Morgan fingerprint density at radius 2 is 2.03 bits per heavy atom. The first kappa shape index (κ1) is 22.0. The van der Waals surface area contributed by atoms with Gasteiger partial charge in [-0.1, -0.05) is 13.0 Å². The van der Waals surface area contributed by atoms with Crippen LogP contribution in [0.2, 0.25) is 0 Å². The maximum atomic E-state index is 11.9. The van der Waals surface area contributed by atoms with Crippen LogP contribution in [0.15, 0.2) is 17.5 Å². The summed E-state index contributed by atoms with van der Waals surface area (Å²) in [5, 5.41) is 10.6. The Bertz CT molecular complexity index is 944. The predicted molar refractivity (Wildman–Crippen MR) is 123 cm³/mol. The maximum Gasteiger partial charge on any atom is 0.152 e. The molecule has 2 atom stereocenters. The highest BCUT2D eigenvalue weighted by molar-refractivity contribution is 7.91. The van der Waals surface area contributed by atoms with Gasteiger partial charge in [-0.15, -0.1) is 11.3 Å². The third kappa shape index (κ3) is 4.82. The van der Waals surface area contributed by atoms with Crippen LogP contribution in [0.25, 0.3) is 0 Å². The van der Waals surface area contributed by atoms with Crippen molar-refractivity contribution >= 4 is 21.2 Å². The molecule has 6 nitrogen and oxygen atoms in total. The first-order valence-electron chi connectivity index (χ1n) is 11.1. The summed E-state index contributed by atoms with van der Waals surface area (Å²) in [5.41, 5.74) is 3.31. The molecule has 2 aromatic rings. The summed E-state index contributed by atoms with van der Waals surface area (Å²) in [4.78, 5) is 4.06. The minimum Gasteiger partial charge on any atom is -0.311 e. The fourth-order valence-corrected chi connectivity index (χ4v) is 7.39. The molecule has 0 saturated carbocycles. The van der Waals surface area contributed by atoms with Crippen molar-refractivity contribution in [1.82, 2.24) is 20.0 Å². The van der Waals surface area contributed by atoms with E-state index in [1.54, 1.807) is 0 Å². The lowest BCUT2D eigenvalue weighted by Gasteiger charge is -2.36. The number of hydrogen-bond donors (Lipinski definition) is 1. The quantitative estimate of drug-likeness (QED) is 0.699. The highest BCUT2D eigenvalue weighted by Crippen LogP contribution is 2.30. The van der Waals surface area contributed by atoms with E-state index in [0.717, 1.165) is 43.5 Å². The van der Waals surface area contributed by atoms with Crippen molar-refractivity contribution < 1.29 is 8.42 Å². The summed E-state index contributed by atoms with van der Waals surface area (Å²) in [7, 11) is -2.91. The van der Waals surface area contributed by atoms with Crippen molar-refractivity contribution in [3.8, 4) is 0 Å². The van der Waals surface area contributed by atoms with E-state index >= 15 is 0 Å². The number of hydrogen-bond acceptors (Lipinski definition) is 6. The molecule has 2 saturated heterocycles. The molecular formula is C22H34N4O2S2. The van der Waals surface area contributed by atoms with Crippen LogP contribution in [0, 0.1) is 19.8 Å². The van der Waals surface area contributed by atoms with Gasteiger partial charge in [-0.3, -0.25) is 9.58 Å². The van der Waals surface area contributed by atoms with Crippen molar-refractivity contribution in [1.29, 1.82) is 0 Å². The molecule has 8 heteroatoms. The van der Waals surface area contributed by atoms with Gasteiger partial charge in [0.25, 0.3) is 0 Å². The molecule has 0 radical (unpaired) electrons. The van der Waals surface area contributed by atoms with E-state index in [1.807, 2.05) is 22.9 Å². The Labute approximate surface area is 184 Å². The zero-order chi connectivity index (χ0) is 21.3. The first-order chi connectivity index (χ1) is 14.3. The van der Waals surface area contributed by atoms with E-state index in [-0.39, 0.29) is 17.5 Å². The third-order valence-corrected chi connectivity index (χ3v) is 9.52. The molecule has 2 aliphatic heterocycles. The van der Waals surface area contributed by atoms with Gasteiger partial charge in [0.1, 0.15) is 0 Å². The Morgan fingerprint density at radius 3 is 2.67 bits per heavy atom. The second kappa shape index (κ2) is 9.10. The van der Waals surface area contributed by atoms with Gasteiger partial charge in [0, 0.05) is 29.2 Å².